The number of allylic oxidation sites excluding steroid dienone is 12. The van der Waals surface area contributed by atoms with Crippen molar-refractivity contribution in [2.75, 3.05) is 26.4 Å². The lowest BCUT2D eigenvalue weighted by Crippen LogP contribution is -2.66. The molecule has 0 bridgehead atoms. The van der Waals surface area contributed by atoms with Crippen LogP contribution >= 0.6 is 0 Å². The van der Waals surface area contributed by atoms with E-state index in [0.717, 1.165) is 51.4 Å². The quantitative estimate of drug-likeness (QED) is 0.0204. The first-order valence-corrected chi connectivity index (χ1v) is 33.2. The number of hydrogen-bond acceptors (Lipinski definition) is 18. The molecule has 0 radical (unpaired) electrons. The maximum absolute atomic E-state index is 13.4. The van der Waals surface area contributed by atoms with Crippen LogP contribution in [0, 0.1) is 0 Å². The minimum Gasteiger partial charge on any atom is -0.394 e. The lowest BCUT2D eigenvalue weighted by Gasteiger charge is -2.48. The molecular formula is C67H117NO18. The number of unbranched alkanes of at least 4 members (excludes halogenated alkanes) is 21. The number of aliphatic hydroxyl groups is 11. The van der Waals surface area contributed by atoms with E-state index >= 15 is 0 Å². The molecule has 19 heteroatoms. The SMILES string of the molecule is CC/C=C\C/C=C\C/C=C\C/C=C\C/C=C\C/C=C\CCC(=O)NC(COC1OC(CO)C(OC2OC(CO)C(OC3OC(CO)C(O)C(O)C3O)C(O)C2O)C(O)C1O)C(O)CCCCCCCCCCCCCCCCCCCCCCCC. The Morgan fingerprint density at radius 3 is 1.19 bits per heavy atom. The summed E-state index contributed by atoms with van der Waals surface area (Å²) in [4.78, 5) is 13.4. The van der Waals surface area contributed by atoms with Gasteiger partial charge in [0, 0.05) is 6.42 Å². The van der Waals surface area contributed by atoms with E-state index in [1.54, 1.807) is 0 Å². The highest BCUT2D eigenvalue weighted by molar-refractivity contribution is 5.76. The molecule has 498 valence electrons. The molecule has 0 saturated carbocycles. The van der Waals surface area contributed by atoms with E-state index in [-0.39, 0.29) is 18.9 Å². The molecule has 0 aromatic carbocycles. The molecule has 0 spiro atoms. The number of carbonyl (C=O) groups is 1. The third kappa shape index (κ3) is 31.3. The maximum atomic E-state index is 13.4. The zero-order chi connectivity index (χ0) is 62.6. The number of ether oxygens (including phenoxy) is 6. The first-order chi connectivity index (χ1) is 41.8. The third-order valence-electron chi connectivity index (χ3n) is 16.3. The van der Waals surface area contributed by atoms with Crippen LogP contribution in [0.15, 0.2) is 72.9 Å². The van der Waals surface area contributed by atoms with Crippen LogP contribution in [0.3, 0.4) is 0 Å². The van der Waals surface area contributed by atoms with Gasteiger partial charge in [0.1, 0.15) is 73.2 Å². The van der Waals surface area contributed by atoms with E-state index < -0.39 is 124 Å². The molecule has 0 aromatic heterocycles. The molecular weight excluding hydrogens is 1110 g/mol. The molecule has 3 rings (SSSR count). The van der Waals surface area contributed by atoms with Gasteiger partial charge in [0.05, 0.1) is 38.6 Å². The summed E-state index contributed by atoms with van der Waals surface area (Å²) in [5.74, 6) is -0.326. The normalized spacial score (nSPS) is 29.2. The van der Waals surface area contributed by atoms with Gasteiger partial charge in [-0.3, -0.25) is 4.79 Å². The number of carbonyl (C=O) groups excluding carboxylic acids is 1. The number of nitrogens with one attached hydrogen (secondary N) is 1. The van der Waals surface area contributed by atoms with Gasteiger partial charge >= 0.3 is 0 Å². The van der Waals surface area contributed by atoms with Gasteiger partial charge < -0.3 is 89.9 Å². The standard InChI is InChI=1S/C67H117NO18/c1-3-5-7-9-11-13-15-17-19-21-23-24-25-27-28-30-32-34-36-38-40-42-44-51(72)50(68-55(73)45-43-41-39-37-35-33-31-29-26-22-20-18-16-14-12-10-8-6-4-2)49-81-65-61(79)58(76)63(53(47-70)83-65)86-67-62(80)59(77)64(54(48-71)84-67)85-66-60(78)57(75)56(74)52(46-69)82-66/h6,8,12,14,18,20,26,29,33,35,39,41,50-54,56-67,69-72,74-80H,3-5,7,9-11,13,15-17,19,21-25,27-28,30-32,34,36-38,40,42-49H2,1-2H3,(H,68,73)/b8-6-,14-12-,20-18-,29-26-,35-33-,41-39-. The van der Waals surface area contributed by atoms with E-state index in [2.05, 4.69) is 79.9 Å². The van der Waals surface area contributed by atoms with E-state index in [9.17, 15) is 61.0 Å². The van der Waals surface area contributed by atoms with E-state index in [1.807, 2.05) is 12.2 Å². The average Bonchev–Trinajstić information content (AvgIpc) is 2.80. The van der Waals surface area contributed by atoms with Crippen LogP contribution in [0.25, 0.3) is 0 Å². The summed E-state index contributed by atoms with van der Waals surface area (Å²) < 4.78 is 34.3. The Kier molecular flexibility index (Phi) is 44.1. The van der Waals surface area contributed by atoms with Crippen molar-refractivity contribution in [1.82, 2.24) is 5.32 Å². The van der Waals surface area contributed by atoms with Gasteiger partial charge in [-0.05, 0) is 51.4 Å². The van der Waals surface area contributed by atoms with Gasteiger partial charge in [-0.2, -0.15) is 0 Å². The van der Waals surface area contributed by atoms with Crippen molar-refractivity contribution >= 4 is 5.91 Å². The largest absolute Gasteiger partial charge is 0.394 e. The molecule has 12 N–H and O–H groups in total. The van der Waals surface area contributed by atoms with Gasteiger partial charge in [0.15, 0.2) is 18.9 Å². The zero-order valence-corrected chi connectivity index (χ0v) is 52.3. The van der Waals surface area contributed by atoms with Gasteiger partial charge in [-0.15, -0.1) is 0 Å². The number of rotatable bonds is 49. The molecule has 3 aliphatic heterocycles. The van der Waals surface area contributed by atoms with Gasteiger partial charge in [-0.25, -0.2) is 0 Å². The topological polar surface area (TPSA) is 307 Å². The van der Waals surface area contributed by atoms with Crippen molar-refractivity contribution in [1.29, 1.82) is 0 Å². The van der Waals surface area contributed by atoms with Crippen molar-refractivity contribution in [2.45, 2.75) is 317 Å². The number of aliphatic hydroxyl groups excluding tert-OH is 11. The lowest BCUT2D eigenvalue weighted by atomic mass is 9.96. The first-order valence-electron chi connectivity index (χ1n) is 33.2. The summed E-state index contributed by atoms with van der Waals surface area (Å²) in [7, 11) is 0. The predicted molar refractivity (Wildman–Crippen MR) is 332 cm³/mol. The van der Waals surface area contributed by atoms with Crippen molar-refractivity contribution in [3.63, 3.8) is 0 Å². The van der Waals surface area contributed by atoms with Crippen LogP contribution in [0.2, 0.25) is 0 Å². The molecule has 0 aromatic rings. The third-order valence-corrected chi connectivity index (χ3v) is 16.3. The second kappa shape index (κ2) is 49.0. The number of amides is 1. The summed E-state index contributed by atoms with van der Waals surface area (Å²) in [6.07, 6.45) is 32.8. The highest BCUT2D eigenvalue weighted by atomic mass is 16.8. The second-order valence-corrected chi connectivity index (χ2v) is 23.6. The Labute approximate surface area is 515 Å². The second-order valence-electron chi connectivity index (χ2n) is 23.6. The van der Waals surface area contributed by atoms with Crippen LogP contribution in [0.1, 0.15) is 213 Å². The molecule has 17 unspecified atom stereocenters. The predicted octanol–water partition coefficient (Wildman–Crippen LogP) is 7.77. The minimum absolute atomic E-state index is 0.138. The zero-order valence-electron chi connectivity index (χ0n) is 52.3. The Hall–Kier alpha value is -2.77. The van der Waals surface area contributed by atoms with Gasteiger partial charge in [-0.1, -0.05) is 228 Å². The van der Waals surface area contributed by atoms with Crippen molar-refractivity contribution in [3.05, 3.63) is 72.9 Å². The lowest BCUT2D eigenvalue weighted by molar-refractivity contribution is -0.379. The maximum Gasteiger partial charge on any atom is 0.220 e. The Balaban J connectivity index is 1.48. The molecule has 1 amide bonds. The molecule has 86 heavy (non-hydrogen) atoms. The highest BCUT2D eigenvalue weighted by Gasteiger charge is 2.53. The molecule has 0 aliphatic carbocycles. The fraction of sp³-hybridized carbons (Fsp3) is 0.806. The number of hydrogen-bond donors (Lipinski definition) is 12. The summed E-state index contributed by atoms with van der Waals surface area (Å²) in [6.45, 7) is 1.63. The fourth-order valence-electron chi connectivity index (χ4n) is 10.9. The minimum atomic E-state index is -1.98. The van der Waals surface area contributed by atoms with Crippen LogP contribution in [0.4, 0.5) is 0 Å². The van der Waals surface area contributed by atoms with Crippen LogP contribution < -0.4 is 5.32 Å². The van der Waals surface area contributed by atoms with Crippen molar-refractivity contribution in [3.8, 4) is 0 Å². The molecule has 3 fully saturated rings. The monoisotopic (exact) mass is 1220 g/mol. The molecule has 19 nitrogen and oxygen atoms in total. The van der Waals surface area contributed by atoms with Gasteiger partial charge in [0.25, 0.3) is 0 Å². The van der Waals surface area contributed by atoms with Crippen LogP contribution in [-0.2, 0) is 33.2 Å². The highest BCUT2D eigenvalue weighted by Crippen LogP contribution is 2.33. The smallest absolute Gasteiger partial charge is 0.220 e. The van der Waals surface area contributed by atoms with Gasteiger partial charge in [0.2, 0.25) is 5.91 Å². The molecule has 3 heterocycles. The Morgan fingerprint density at radius 2 is 0.779 bits per heavy atom. The molecule has 3 aliphatic rings. The van der Waals surface area contributed by atoms with Crippen LogP contribution in [0.5, 0.6) is 0 Å². The molecule has 3 saturated heterocycles. The summed E-state index contributed by atoms with van der Waals surface area (Å²) >= 11 is 0. The Bertz CT molecular complexity index is 1850. The van der Waals surface area contributed by atoms with E-state index in [4.69, 9.17) is 28.4 Å². The summed E-state index contributed by atoms with van der Waals surface area (Å²) in [5.41, 5.74) is 0. The van der Waals surface area contributed by atoms with E-state index in [0.29, 0.717) is 25.7 Å². The van der Waals surface area contributed by atoms with Crippen molar-refractivity contribution in [2.24, 2.45) is 0 Å². The van der Waals surface area contributed by atoms with Crippen LogP contribution in [-0.4, -0.2) is 193 Å². The summed E-state index contributed by atoms with van der Waals surface area (Å²) in [5, 5.41) is 120. The van der Waals surface area contributed by atoms with E-state index in [1.165, 1.54) is 116 Å². The fourth-order valence-corrected chi connectivity index (χ4v) is 10.9. The first kappa shape index (κ1) is 77.5. The van der Waals surface area contributed by atoms with Crippen molar-refractivity contribution < 1.29 is 89.4 Å². The summed E-state index contributed by atoms with van der Waals surface area (Å²) in [6, 6.07) is -0.932. The average molecular weight is 1220 g/mol. The molecule has 17 atom stereocenters. The Morgan fingerprint density at radius 1 is 0.430 bits per heavy atom.